The number of carbonyl (C=O) groups is 1. The standard InChI is InChI=1S/C19H32N4O2/c1-14-11-15(2)23(21-14)13-17-7-4-5-9-22(17)16(3)19(24)20-12-18-8-6-10-25-18/h11,16-18H,4-10,12-13H2,1-3H3,(H,20,24)/t16-,17-,18+/m0/s1. The van der Waals surface area contributed by atoms with E-state index < -0.39 is 0 Å². The molecule has 6 nitrogen and oxygen atoms in total. The molecule has 2 fully saturated rings. The maximum Gasteiger partial charge on any atom is 0.237 e. The summed E-state index contributed by atoms with van der Waals surface area (Å²) in [6, 6.07) is 2.38. The molecule has 0 aliphatic carbocycles. The zero-order valence-corrected chi connectivity index (χ0v) is 15.8. The summed E-state index contributed by atoms with van der Waals surface area (Å²) in [5.41, 5.74) is 2.25. The molecule has 0 bridgehead atoms. The molecular weight excluding hydrogens is 316 g/mol. The first-order chi connectivity index (χ1) is 12.0. The largest absolute Gasteiger partial charge is 0.376 e. The van der Waals surface area contributed by atoms with Crippen LogP contribution in [0.25, 0.3) is 0 Å². The van der Waals surface area contributed by atoms with Gasteiger partial charge in [-0.25, -0.2) is 0 Å². The van der Waals surface area contributed by atoms with Crippen molar-refractivity contribution < 1.29 is 9.53 Å². The Morgan fingerprint density at radius 2 is 2.20 bits per heavy atom. The lowest BCUT2D eigenvalue weighted by Gasteiger charge is -2.39. The van der Waals surface area contributed by atoms with Crippen molar-refractivity contribution in [2.45, 2.75) is 77.6 Å². The fraction of sp³-hybridized carbons (Fsp3) is 0.789. The van der Waals surface area contributed by atoms with Gasteiger partial charge in [0.15, 0.2) is 0 Å². The van der Waals surface area contributed by atoms with Crippen molar-refractivity contribution in [1.82, 2.24) is 20.0 Å². The number of hydrogen-bond donors (Lipinski definition) is 1. The molecule has 6 heteroatoms. The fourth-order valence-corrected chi connectivity index (χ4v) is 4.11. The van der Waals surface area contributed by atoms with Gasteiger partial charge in [-0.2, -0.15) is 5.10 Å². The van der Waals surface area contributed by atoms with Gasteiger partial charge in [-0.1, -0.05) is 6.42 Å². The molecule has 2 aliphatic rings. The van der Waals surface area contributed by atoms with Gasteiger partial charge in [0.05, 0.1) is 24.4 Å². The highest BCUT2D eigenvalue weighted by molar-refractivity contribution is 5.81. The summed E-state index contributed by atoms with van der Waals surface area (Å²) in [4.78, 5) is 15.0. The molecule has 2 saturated heterocycles. The molecular formula is C19H32N4O2. The van der Waals surface area contributed by atoms with Gasteiger partial charge in [-0.15, -0.1) is 0 Å². The summed E-state index contributed by atoms with van der Waals surface area (Å²) < 4.78 is 7.70. The third-order valence-electron chi connectivity index (χ3n) is 5.56. The van der Waals surface area contributed by atoms with E-state index in [-0.39, 0.29) is 18.1 Å². The molecule has 0 aromatic carbocycles. The summed E-state index contributed by atoms with van der Waals surface area (Å²) in [6.45, 7) is 9.48. The van der Waals surface area contributed by atoms with Gasteiger partial charge in [-0.3, -0.25) is 14.4 Å². The van der Waals surface area contributed by atoms with Crippen LogP contribution in [0.1, 0.15) is 50.4 Å². The Labute approximate surface area is 150 Å². The number of hydrogen-bond acceptors (Lipinski definition) is 4. The highest BCUT2D eigenvalue weighted by atomic mass is 16.5. The number of aromatic nitrogens is 2. The topological polar surface area (TPSA) is 59.4 Å². The van der Waals surface area contributed by atoms with Crippen LogP contribution in [0, 0.1) is 13.8 Å². The van der Waals surface area contributed by atoms with Gasteiger partial charge in [0.1, 0.15) is 0 Å². The van der Waals surface area contributed by atoms with Crippen molar-refractivity contribution in [2.75, 3.05) is 19.7 Å². The number of aryl methyl sites for hydroxylation is 2. The van der Waals surface area contributed by atoms with Gasteiger partial charge >= 0.3 is 0 Å². The van der Waals surface area contributed by atoms with Crippen LogP contribution in [0.4, 0.5) is 0 Å². The van der Waals surface area contributed by atoms with E-state index in [0.29, 0.717) is 12.6 Å². The lowest BCUT2D eigenvalue weighted by molar-refractivity contribution is -0.128. The molecule has 0 saturated carbocycles. The van der Waals surface area contributed by atoms with Gasteiger partial charge in [0.25, 0.3) is 0 Å². The van der Waals surface area contributed by atoms with Crippen LogP contribution in [-0.2, 0) is 16.1 Å². The predicted molar refractivity (Wildman–Crippen MR) is 97.5 cm³/mol. The number of ether oxygens (including phenoxy) is 1. The predicted octanol–water partition coefficient (Wildman–Crippen LogP) is 2.04. The van der Waals surface area contributed by atoms with Crippen LogP contribution in [0.3, 0.4) is 0 Å². The summed E-state index contributed by atoms with van der Waals surface area (Å²) in [5, 5.41) is 7.70. The molecule has 2 aliphatic heterocycles. The van der Waals surface area contributed by atoms with Crippen molar-refractivity contribution in [2.24, 2.45) is 0 Å². The van der Waals surface area contributed by atoms with E-state index >= 15 is 0 Å². The summed E-state index contributed by atoms with van der Waals surface area (Å²) >= 11 is 0. The van der Waals surface area contributed by atoms with Gasteiger partial charge in [0.2, 0.25) is 5.91 Å². The zero-order valence-electron chi connectivity index (χ0n) is 15.8. The molecule has 3 rings (SSSR count). The summed E-state index contributed by atoms with van der Waals surface area (Å²) in [6.07, 6.45) is 5.87. The lowest BCUT2D eigenvalue weighted by Crippen LogP contribution is -2.53. The lowest BCUT2D eigenvalue weighted by atomic mass is 9.99. The van der Waals surface area contributed by atoms with E-state index in [2.05, 4.69) is 33.0 Å². The minimum Gasteiger partial charge on any atom is -0.376 e. The molecule has 0 spiro atoms. The normalized spacial score (nSPS) is 25.9. The first kappa shape index (κ1) is 18.4. The van der Waals surface area contributed by atoms with Crippen LogP contribution in [0.5, 0.6) is 0 Å². The first-order valence-electron chi connectivity index (χ1n) is 9.70. The third-order valence-corrected chi connectivity index (χ3v) is 5.56. The zero-order chi connectivity index (χ0) is 17.8. The molecule has 3 atom stereocenters. The summed E-state index contributed by atoms with van der Waals surface area (Å²) in [7, 11) is 0. The Hall–Kier alpha value is -1.40. The molecule has 0 radical (unpaired) electrons. The van der Waals surface area contributed by atoms with E-state index in [0.717, 1.165) is 51.1 Å². The average molecular weight is 348 g/mol. The maximum absolute atomic E-state index is 12.6. The molecule has 1 N–H and O–H groups in total. The Balaban J connectivity index is 1.58. The van der Waals surface area contributed by atoms with Crippen molar-refractivity contribution in [3.05, 3.63) is 17.5 Å². The second-order valence-electron chi connectivity index (χ2n) is 7.55. The van der Waals surface area contributed by atoms with Crippen LogP contribution in [0.2, 0.25) is 0 Å². The van der Waals surface area contributed by atoms with Crippen LogP contribution in [0.15, 0.2) is 6.07 Å². The number of likely N-dealkylation sites (tertiary alicyclic amines) is 1. The molecule has 1 amide bonds. The van der Waals surface area contributed by atoms with Crippen LogP contribution >= 0.6 is 0 Å². The molecule has 0 unspecified atom stereocenters. The monoisotopic (exact) mass is 348 g/mol. The number of amides is 1. The van der Waals surface area contributed by atoms with E-state index in [9.17, 15) is 4.79 Å². The van der Waals surface area contributed by atoms with Crippen molar-refractivity contribution in [1.29, 1.82) is 0 Å². The Bertz CT molecular complexity index is 580. The van der Waals surface area contributed by atoms with Gasteiger partial charge in [-0.05, 0) is 59.1 Å². The molecule has 1 aromatic rings. The first-order valence-corrected chi connectivity index (χ1v) is 9.70. The highest BCUT2D eigenvalue weighted by Crippen LogP contribution is 2.22. The smallest absolute Gasteiger partial charge is 0.237 e. The van der Waals surface area contributed by atoms with E-state index in [4.69, 9.17) is 4.74 Å². The quantitative estimate of drug-likeness (QED) is 0.855. The fourth-order valence-electron chi connectivity index (χ4n) is 4.11. The number of carbonyl (C=O) groups excluding carboxylic acids is 1. The molecule has 25 heavy (non-hydrogen) atoms. The van der Waals surface area contributed by atoms with Crippen molar-refractivity contribution in [3.8, 4) is 0 Å². The Morgan fingerprint density at radius 3 is 2.88 bits per heavy atom. The SMILES string of the molecule is Cc1cc(C)n(C[C@@H]2CCCCN2[C@@H](C)C(=O)NC[C@H]2CCCO2)n1. The van der Waals surface area contributed by atoms with E-state index in [1.165, 1.54) is 12.1 Å². The molecule has 140 valence electrons. The molecule has 3 heterocycles. The average Bonchev–Trinajstić information content (AvgIpc) is 3.22. The minimum atomic E-state index is -0.108. The highest BCUT2D eigenvalue weighted by Gasteiger charge is 2.31. The summed E-state index contributed by atoms with van der Waals surface area (Å²) in [5.74, 6) is 0.121. The number of nitrogens with one attached hydrogen (secondary N) is 1. The van der Waals surface area contributed by atoms with Crippen LogP contribution < -0.4 is 5.32 Å². The number of piperidine rings is 1. The minimum absolute atomic E-state index is 0.108. The van der Waals surface area contributed by atoms with E-state index in [1.54, 1.807) is 0 Å². The third kappa shape index (κ3) is 4.61. The number of nitrogens with zero attached hydrogens (tertiary/aromatic N) is 3. The Kier molecular flexibility index (Phi) is 6.12. The molecule has 1 aromatic heterocycles. The van der Waals surface area contributed by atoms with Gasteiger partial charge < -0.3 is 10.1 Å². The number of rotatable bonds is 6. The van der Waals surface area contributed by atoms with Crippen LogP contribution in [-0.4, -0.2) is 58.5 Å². The maximum atomic E-state index is 12.6. The second-order valence-corrected chi connectivity index (χ2v) is 7.55. The van der Waals surface area contributed by atoms with Crippen molar-refractivity contribution >= 4 is 5.91 Å². The van der Waals surface area contributed by atoms with Gasteiger partial charge in [0, 0.05) is 24.9 Å². The second kappa shape index (κ2) is 8.32. The van der Waals surface area contributed by atoms with Crippen molar-refractivity contribution in [3.63, 3.8) is 0 Å². The van der Waals surface area contributed by atoms with E-state index in [1.807, 2.05) is 13.8 Å². The Morgan fingerprint density at radius 1 is 1.36 bits per heavy atom.